The molecule has 0 aromatic heterocycles. The SMILES string of the molecule is COc1ccc(NC(=O)CN2C(=O)COc3cc(C(C)(C)C)ccc32)cc1. The molecule has 0 saturated heterocycles. The van der Waals surface area contributed by atoms with E-state index in [2.05, 4.69) is 26.1 Å². The lowest BCUT2D eigenvalue weighted by Crippen LogP contribution is -2.43. The van der Waals surface area contributed by atoms with Crippen LogP contribution in [0.15, 0.2) is 42.5 Å². The van der Waals surface area contributed by atoms with Gasteiger partial charge in [-0.05, 0) is 47.4 Å². The highest BCUT2D eigenvalue weighted by Crippen LogP contribution is 2.36. The van der Waals surface area contributed by atoms with Gasteiger partial charge in [0.1, 0.15) is 18.0 Å². The molecule has 0 aliphatic carbocycles. The van der Waals surface area contributed by atoms with Crippen LogP contribution in [0.1, 0.15) is 26.3 Å². The van der Waals surface area contributed by atoms with Crippen molar-refractivity contribution in [2.24, 2.45) is 0 Å². The first kappa shape index (κ1) is 18.8. The Morgan fingerprint density at radius 2 is 1.89 bits per heavy atom. The zero-order valence-electron chi connectivity index (χ0n) is 16.0. The first-order chi connectivity index (χ1) is 12.8. The largest absolute Gasteiger partial charge is 0.497 e. The van der Waals surface area contributed by atoms with E-state index in [4.69, 9.17) is 9.47 Å². The molecule has 2 aromatic rings. The van der Waals surface area contributed by atoms with E-state index in [-0.39, 0.29) is 30.4 Å². The number of rotatable bonds is 4. The van der Waals surface area contributed by atoms with Gasteiger partial charge < -0.3 is 14.8 Å². The fourth-order valence-electron chi connectivity index (χ4n) is 2.86. The fraction of sp³-hybridized carbons (Fsp3) is 0.333. The Bertz CT molecular complexity index is 853. The van der Waals surface area contributed by atoms with Crippen LogP contribution in [0.2, 0.25) is 0 Å². The van der Waals surface area contributed by atoms with E-state index in [1.807, 2.05) is 18.2 Å². The maximum Gasteiger partial charge on any atom is 0.265 e. The van der Waals surface area contributed by atoms with Crippen LogP contribution >= 0.6 is 0 Å². The Hall–Kier alpha value is -3.02. The molecule has 0 atom stereocenters. The number of hydrogen-bond acceptors (Lipinski definition) is 4. The molecule has 1 aliphatic heterocycles. The van der Waals surface area contributed by atoms with Crippen molar-refractivity contribution in [3.05, 3.63) is 48.0 Å². The van der Waals surface area contributed by atoms with Gasteiger partial charge in [-0.15, -0.1) is 0 Å². The summed E-state index contributed by atoms with van der Waals surface area (Å²) in [6.07, 6.45) is 0. The summed E-state index contributed by atoms with van der Waals surface area (Å²) in [7, 11) is 1.58. The van der Waals surface area contributed by atoms with E-state index < -0.39 is 0 Å². The summed E-state index contributed by atoms with van der Waals surface area (Å²) in [5, 5.41) is 2.80. The van der Waals surface area contributed by atoms with Crippen LogP contribution in [0.25, 0.3) is 0 Å². The van der Waals surface area contributed by atoms with Gasteiger partial charge >= 0.3 is 0 Å². The molecule has 2 amide bonds. The molecule has 1 heterocycles. The molecule has 6 nitrogen and oxygen atoms in total. The molecule has 2 aromatic carbocycles. The summed E-state index contributed by atoms with van der Waals surface area (Å²) in [4.78, 5) is 26.2. The van der Waals surface area contributed by atoms with Gasteiger partial charge in [-0.1, -0.05) is 26.8 Å². The maximum atomic E-state index is 12.4. The first-order valence-corrected chi connectivity index (χ1v) is 8.79. The van der Waals surface area contributed by atoms with Gasteiger partial charge in [-0.3, -0.25) is 14.5 Å². The first-order valence-electron chi connectivity index (χ1n) is 8.79. The molecule has 142 valence electrons. The molecular weight excluding hydrogens is 344 g/mol. The van der Waals surface area contributed by atoms with Crippen LogP contribution in [0.3, 0.4) is 0 Å². The summed E-state index contributed by atoms with van der Waals surface area (Å²) in [5.74, 6) is 0.816. The van der Waals surface area contributed by atoms with Gasteiger partial charge in [0.25, 0.3) is 5.91 Å². The van der Waals surface area contributed by atoms with Gasteiger partial charge in [-0.25, -0.2) is 0 Å². The number of ether oxygens (including phenoxy) is 2. The molecule has 27 heavy (non-hydrogen) atoms. The number of amides is 2. The molecule has 6 heteroatoms. The second-order valence-corrected chi connectivity index (χ2v) is 7.48. The molecule has 0 spiro atoms. The lowest BCUT2D eigenvalue weighted by molar-refractivity contribution is -0.123. The summed E-state index contributed by atoms with van der Waals surface area (Å²) < 4.78 is 10.7. The average molecular weight is 368 g/mol. The van der Waals surface area contributed by atoms with E-state index in [0.29, 0.717) is 22.9 Å². The number of fused-ring (bicyclic) bond motifs is 1. The monoisotopic (exact) mass is 368 g/mol. The topological polar surface area (TPSA) is 67.9 Å². The number of anilines is 2. The second-order valence-electron chi connectivity index (χ2n) is 7.48. The third-order valence-corrected chi connectivity index (χ3v) is 4.44. The number of nitrogens with one attached hydrogen (secondary N) is 1. The van der Waals surface area contributed by atoms with Crippen LogP contribution in [0.5, 0.6) is 11.5 Å². The van der Waals surface area contributed by atoms with E-state index >= 15 is 0 Å². The van der Waals surface area contributed by atoms with E-state index in [0.717, 1.165) is 5.56 Å². The molecule has 0 unspecified atom stereocenters. The lowest BCUT2D eigenvalue weighted by atomic mass is 9.86. The summed E-state index contributed by atoms with van der Waals surface area (Å²) in [6, 6.07) is 12.8. The maximum absolute atomic E-state index is 12.4. The standard InChI is InChI=1S/C21H24N2O4/c1-21(2,3)14-5-10-17-18(11-14)27-13-20(25)23(17)12-19(24)22-15-6-8-16(26-4)9-7-15/h5-11H,12-13H2,1-4H3,(H,22,24). The normalized spacial score (nSPS) is 13.6. The molecule has 1 N–H and O–H groups in total. The van der Waals surface area contributed by atoms with Crippen molar-refractivity contribution in [2.75, 3.05) is 30.5 Å². The highest BCUT2D eigenvalue weighted by molar-refractivity contribution is 6.05. The second kappa shape index (κ2) is 7.31. The van der Waals surface area contributed by atoms with Gasteiger partial charge in [0.15, 0.2) is 6.61 Å². The average Bonchev–Trinajstić information content (AvgIpc) is 2.63. The zero-order chi connectivity index (χ0) is 19.6. The van der Waals surface area contributed by atoms with Crippen molar-refractivity contribution >= 4 is 23.2 Å². The molecule has 0 saturated carbocycles. The minimum Gasteiger partial charge on any atom is -0.497 e. The molecule has 0 radical (unpaired) electrons. The fourth-order valence-corrected chi connectivity index (χ4v) is 2.86. The number of hydrogen-bond donors (Lipinski definition) is 1. The van der Waals surface area contributed by atoms with Crippen LogP contribution in [-0.4, -0.2) is 32.1 Å². The van der Waals surface area contributed by atoms with E-state index in [1.54, 1.807) is 31.4 Å². The Labute approximate surface area is 159 Å². The van der Waals surface area contributed by atoms with Crippen LogP contribution in [-0.2, 0) is 15.0 Å². The van der Waals surface area contributed by atoms with E-state index in [9.17, 15) is 9.59 Å². The molecular formula is C21H24N2O4. The number of carbonyl (C=O) groups is 2. The van der Waals surface area contributed by atoms with Gasteiger partial charge in [0.05, 0.1) is 12.8 Å². The van der Waals surface area contributed by atoms with Crippen LogP contribution in [0.4, 0.5) is 11.4 Å². The van der Waals surface area contributed by atoms with Crippen molar-refractivity contribution in [1.82, 2.24) is 0 Å². The summed E-state index contributed by atoms with van der Waals surface area (Å²) in [5.41, 5.74) is 2.34. The molecule has 1 aliphatic rings. The quantitative estimate of drug-likeness (QED) is 0.899. The Kier molecular flexibility index (Phi) is 5.08. The minimum absolute atomic E-state index is 0.0313. The van der Waals surface area contributed by atoms with Gasteiger partial charge in [-0.2, -0.15) is 0 Å². The predicted molar refractivity (Wildman–Crippen MR) is 105 cm³/mol. The van der Waals surface area contributed by atoms with Crippen LogP contribution in [0, 0.1) is 0 Å². The smallest absolute Gasteiger partial charge is 0.265 e. The van der Waals surface area contributed by atoms with Crippen molar-refractivity contribution in [3.8, 4) is 11.5 Å². The Balaban J connectivity index is 1.76. The van der Waals surface area contributed by atoms with Crippen molar-refractivity contribution in [3.63, 3.8) is 0 Å². The summed E-state index contributed by atoms with van der Waals surface area (Å²) >= 11 is 0. The number of benzene rings is 2. The van der Waals surface area contributed by atoms with Crippen molar-refractivity contribution < 1.29 is 19.1 Å². The molecule has 3 rings (SSSR count). The third-order valence-electron chi connectivity index (χ3n) is 4.44. The highest BCUT2D eigenvalue weighted by atomic mass is 16.5. The highest BCUT2D eigenvalue weighted by Gasteiger charge is 2.28. The zero-order valence-corrected chi connectivity index (χ0v) is 16.0. The number of methoxy groups -OCH3 is 1. The lowest BCUT2D eigenvalue weighted by Gasteiger charge is -2.30. The van der Waals surface area contributed by atoms with Gasteiger partial charge in [0.2, 0.25) is 5.91 Å². The number of carbonyl (C=O) groups excluding carboxylic acids is 2. The molecule has 0 fully saturated rings. The van der Waals surface area contributed by atoms with E-state index in [1.165, 1.54) is 4.90 Å². The summed E-state index contributed by atoms with van der Waals surface area (Å²) in [6.45, 7) is 6.20. The number of nitrogens with zero attached hydrogens (tertiary/aromatic N) is 1. The van der Waals surface area contributed by atoms with Gasteiger partial charge in [0, 0.05) is 5.69 Å². The van der Waals surface area contributed by atoms with Crippen molar-refractivity contribution in [1.29, 1.82) is 0 Å². The van der Waals surface area contributed by atoms with Crippen LogP contribution < -0.4 is 19.7 Å². The Morgan fingerprint density at radius 3 is 2.52 bits per heavy atom. The Morgan fingerprint density at radius 1 is 1.19 bits per heavy atom. The third kappa shape index (κ3) is 4.22. The minimum atomic E-state index is -0.277. The van der Waals surface area contributed by atoms with Crippen molar-refractivity contribution in [2.45, 2.75) is 26.2 Å². The molecule has 0 bridgehead atoms. The predicted octanol–water partition coefficient (Wildman–Crippen LogP) is 3.36.